The van der Waals surface area contributed by atoms with Gasteiger partial charge >= 0.3 is 0 Å². The van der Waals surface area contributed by atoms with Crippen molar-refractivity contribution in [3.8, 4) is 0 Å². The van der Waals surface area contributed by atoms with Gasteiger partial charge < -0.3 is 15.8 Å². The topological polar surface area (TPSA) is 90.5 Å². The first-order valence-corrected chi connectivity index (χ1v) is 7.12. The smallest absolute Gasteiger partial charge is 0.243 e. The molecule has 4 N–H and O–H groups in total. The molecule has 116 valence electrons. The first-order valence-electron chi connectivity index (χ1n) is 7.12. The summed E-state index contributed by atoms with van der Waals surface area (Å²) in [6.07, 6.45) is 1.11. The van der Waals surface area contributed by atoms with Crippen LogP contribution in [-0.2, 0) is 9.59 Å². The van der Waals surface area contributed by atoms with Gasteiger partial charge in [-0.2, -0.15) is 0 Å². The van der Waals surface area contributed by atoms with Crippen molar-refractivity contribution < 1.29 is 14.8 Å². The third-order valence-corrected chi connectivity index (χ3v) is 4.74. The van der Waals surface area contributed by atoms with E-state index in [4.69, 9.17) is 5.21 Å². The molecule has 6 heteroatoms. The van der Waals surface area contributed by atoms with Gasteiger partial charge in [-0.3, -0.25) is 9.59 Å². The van der Waals surface area contributed by atoms with Crippen molar-refractivity contribution in [2.75, 3.05) is 6.54 Å². The number of nitrogens with one attached hydrogen (secondary N) is 3. The Bertz CT molecular complexity index is 380. The molecule has 6 nitrogen and oxygen atoms in total. The molecule has 0 aliphatic carbocycles. The van der Waals surface area contributed by atoms with Crippen molar-refractivity contribution in [2.45, 2.75) is 59.5 Å². The molecule has 2 amide bonds. The number of carbonyl (C=O) groups is 2. The van der Waals surface area contributed by atoms with Gasteiger partial charge in [-0.15, -0.1) is 0 Å². The number of amides is 2. The maximum Gasteiger partial charge on any atom is 0.243 e. The fourth-order valence-electron chi connectivity index (χ4n) is 2.33. The van der Waals surface area contributed by atoms with Crippen LogP contribution in [0, 0.1) is 10.8 Å². The monoisotopic (exact) mass is 285 g/mol. The predicted octanol–water partition coefficient (Wildman–Crippen LogP) is 0.801. The van der Waals surface area contributed by atoms with Crippen LogP contribution in [0.5, 0.6) is 0 Å². The first kappa shape index (κ1) is 16.9. The third kappa shape index (κ3) is 3.49. The van der Waals surface area contributed by atoms with E-state index in [9.17, 15) is 9.59 Å². The molecule has 0 aromatic heterocycles. The molecule has 20 heavy (non-hydrogen) atoms. The summed E-state index contributed by atoms with van der Waals surface area (Å²) < 4.78 is 0. The highest BCUT2D eigenvalue weighted by molar-refractivity contribution is 5.96. The summed E-state index contributed by atoms with van der Waals surface area (Å²) in [5.74, 6) is -0.247. The average Bonchev–Trinajstić information content (AvgIpc) is 2.32. The zero-order valence-electron chi connectivity index (χ0n) is 13.0. The van der Waals surface area contributed by atoms with E-state index >= 15 is 0 Å². The molecule has 1 aliphatic heterocycles. The molecule has 1 heterocycles. The van der Waals surface area contributed by atoms with Crippen LogP contribution < -0.4 is 16.1 Å². The summed E-state index contributed by atoms with van der Waals surface area (Å²) in [6, 6.07) is -0.938. The lowest BCUT2D eigenvalue weighted by Crippen LogP contribution is -2.62. The van der Waals surface area contributed by atoms with Crippen molar-refractivity contribution in [2.24, 2.45) is 10.8 Å². The Labute approximate surface area is 120 Å². The van der Waals surface area contributed by atoms with Crippen molar-refractivity contribution in [3.63, 3.8) is 0 Å². The highest BCUT2D eigenvalue weighted by Gasteiger charge is 2.42. The summed E-state index contributed by atoms with van der Waals surface area (Å²) in [4.78, 5) is 23.9. The highest BCUT2D eigenvalue weighted by atomic mass is 16.5. The van der Waals surface area contributed by atoms with Crippen LogP contribution in [0.2, 0.25) is 0 Å². The van der Waals surface area contributed by atoms with Gasteiger partial charge in [0.2, 0.25) is 11.8 Å². The lowest BCUT2D eigenvalue weighted by atomic mass is 9.64. The normalized spacial score (nSPS) is 24.3. The van der Waals surface area contributed by atoms with E-state index in [2.05, 4.69) is 16.1 Å². The van der Waals surface area contributed by atoms with E-state index in [-0.39, 0.29) is 22.6 Å². The summed E-state index contributed by atoms with van der Waals surface area (Å²) >= 11 is 0. The van der Waals surface area contributed by atoms with Crippen LogP contribution >= 0.6 is 0 Å². The maximum atomic E-state index is 12.1. The molecule has 2 atom stereocenters. The van der Waals surface area contributed by atoms with E-state index in [0.717, 1.165) is 0 Å². The Kier molecular flexibility index (Phi) is 5.15. The number of carbonyl (C=O) groups excluding carboxylic acids is 2. The van der Waals surface area contributed by atoms with E-state index in [1.165, 1.54) is 0 Å². The van der Waals surface area contributed by atoms with Crippen molar-refractivity contribution in [3.05, 3.63) is 0 Å². The molecule has 0 spiro atoms. The minimum absolute atomic E-state index is 0.119. The van der Waals surface area contributed by atoms with Gasteiger partial charge in [0.25, 0.3) is 0 Å². The molecule has 1 fully saturated rings. The molecule has 1 saturated heterocycles. The Morgan fingerprint density at radius 3 is 2.05 bits per heavy atom. The highest BCUT2D eigenvalue weighted by Crippen LogP contribution is 2.41. The van der Waals surface area contributed by atoms with Gasteiger partial charge in [0, 0.05) is 6.54 Å². The lowest BCUT2D eigenvalue weighted by Gasteiger charge is -2.44. The van der Waals surface area contributed by atoms with Crippen LogP contribution in [0.1, 0.15) is 47.5 Å². The van der Waals surface area contributed by atoms with E-state index in [0.29, 0.717) is 19.4 Å². The second kappa shape index (κ2) is 6.10. The zero-order valence-corrected chi connectivity index (χ0v) is 13.0. The Balaban J connectivity index is 2.77. The minimum Gasteiger partial charge on any atom is -0.343 e. The quantitative estimate of drug-likeness (QED) is 0.543. The molecule has 0 saturated carbocycles. The van der Waals surface area contributed by atoms with Crippen molar-refractivity contribution >= 4 is 11.8 Å². The van der Waals surface area contributed by atoms with E-state index in [1.807, 2.05) is 34.6 Å². The molecule has 2 unspecified atom stereocenters. The van der Waals surface area contributed by atoms with E-state index in [1.54, 1.807) is 0 Å². The predicted molar refractivity (Wildman–Crippen MR) is 76.1 cm³/mol. The SMILES string of the molecule is CCC1NC(=O)C(CC(C)(C)C(C)(C)CNO)NC1=O. The first-order chi connectivity index (χ1) is 9.14. The van der Waals surface area contributed by atoms with Gasteiger partial charge in [0.05, 0.1) is 0 Å². The second-order valence-corrected chi connectivity index (χ2v) is 6.84. The average molecular weight is 285 g/mol. The number of piperazine rings is 1. The number of hydroxylamine groups is 1. The second-order valence-electron chi connectivity index (χ2n) is 6.84. The van der Waals surface area contributed by atoms with Gasteiger partial charge in [0.1, 0.15) is 12.1 Å². The van der Waals surface area contributed by atoms with Crippen LogP contribution in [0.4, 0.5) is 0 Å². The molecule has 1 rings (SSSR count). The number of rotatable bonds is 6. The number of hydrogen-bond donors (Lipinski definition) is 4. The zero-order chi connectivity index (χ0) is 15.6. The van der Waals surface area contributed by atoms with Gasteiger partial charge in [-0.05, 0) is 23.7 Å². The van der Waals surface area contributed by atoms with Crippen LogP contribution in [0.3, 0.4) is 0 Å². The van der Waals surface area contributed by atoms with Crippen molar-refractivity contribution in [1.82, 2.24) is 16.1 Å². The van der Waals surface area contributed by atoms with E-state index < -0.39 is 12.1 Å². The lowest BCUT2D eigenvalue weighted by molar-refractivity contribution is -0.138. The van der Waals surface area contributed by atoms with Gasteiger partial charge in [-0.25, -0.2) is 5.48 Å². The third-order valence-electron chi connectivity index (χ3n) is 4.74. The molecule has 0 bridgehead atoms. The summed E-state index contributed by atoms with van der Waals surface area (Å²) in [6.45, 7) is 10.4. The fraction of sp³-hybridized carbons (Fsp3) is 0.857. The molecule has 0 aromatic rings. The van der Waals surface area contributed by atoms with Crippen LogP contribution in [0.15, 0.2) is 0 Å². The molecule has 0 radical (unpaired) electrons. The van der Waals surface area contributed by atoms with Crippen LogP contribution in [0.25, 0.3) is 0 Å². The standard InChI is InChI=1S/C14H27N3O3/c1-6-9-11(18)17-10(12(19)16-9)7-13(2,3)14(4,5)8-15-20/h9-10,15,20H,6-8H2,1-5H3,(H,16,19)(H,17,18). The number of hydrogen-bond acceptors (Lipinski definition) is 4. The molecule has 0 aromatic carbocycles. The molecule has 1 aliphatic rings. The fourth-order valence-corrected chi connectivity index (χ4v) is 2.33. The van der Waals surface area contributed by atoms with Gasteiger partial charge in [-0.1, -0.05) is 34.6 Å². The summed E-state index contributed by atoms with van der Waals surface area (Å²) in [7, 11) is 0. The Morgan fingerprint density at radius 1 is 1.05 bits per heavy atom. The largest absolute Gasteiger partial charge is 0.343 e. The Morgan fingerprint density at radius 2 is 1.55 bits per heavy atom. The van der Waals surface area contributed by atoms with Crippen molar-refractivity contribution in [1.29, 1.82) is 0 Å². The Hall–Kier alpha value is -1.14. The van der Waals surface area contributed by atoms with Crippen LogP contribution in [-0.4, -0.2) is 35.7 Å². The summed E-state index contributed by atoms with van der Waals surface area (Å²) in [5.41, 5.74) is 1.73. The summed E-state index contributed by atoms with van der Waals surface area (Å²) in [5, 5.41) is 14.5. The molecular formula is C14H27N3O3. The minimum atomic E-state index is -0.515. The molecular weight excluding hydrogens is 258 g/mol. The maximum absolute atomic E-state index is 12.1. The van der Waals surface area contributed by atoms with Gasteiger partial charge in [0.15, 0.2) is 0 Å².